The molecular weight excluding hydrogens is 478 g/mol. The fourth-order valence-electron chi connectivity index (χ4n) is 3.65. The molecular formula is C26H33N5O4S. The lowest BCUT2D eigenvalue weighted by atomic mass is 10.0. The second-order valence-corrected chi connectivity index (χ2v) is 10.4. The number of ether oxygens (including phenoxy) is 1. The average Bonchev–Trinajstić information content (AvgIpc) is 3.21. The number of nitrogens with one attached hydrogen (secondary N) is 1. The van der Waals surface area contributed by atoms with Gasteiger partial charge in [-0.15, -0.1) is 10.2 Å². The highest BCUT2D eigenvalue weighted by atomic mass is 32.2. The van der Waals surface area contributed by atoms with Crippen LogP contribution in [0.1, 0.15) is 63.6 Å². The number of benzene rings is 2. The Morgan fingerprint density at radius 3 is 2.39 bits per heavy atom. The monoisotopic (exact) mass is 511 g/mol. The van der Waals surface area contributed by atoms with Gasteiger partial charge in [0.25, 0.3) is 5.69 Å². The molecule has 9 nitrogen and oxygen atoms in total. The number of hydrogen-bond acceptors (Lipinski definition) is 7. The second-order valence-electron chi connectivity index (χ2n) is 9.42. The van der Waals surface area contributed by atoms with E-state index in [4.69, 9.17) is 4.74 Å². The maximum absolute atomic E-state index is 12.6. The van der Waals surface area contributed by atoms with Crippen molar-refractivity contribution in [2.45, 2.75) is 65.3 Å². The predicted octanol–water partition coefficient (Wildman–Crippen LogP) is 6.14. The fourth-order valence-corrected chi connectivity index (χ4v) is 4.41. The Hall–Kier alpha value is -3.40. The number of aryl methyl sites for hydroxylation is 1. The molecule has 3 rings (SSSR count). The van der Waals surface area contributed by atoms with Crippen LogP contribution in [0.4, 0.5) is 11.4 Å². The molecule has 0 fully saturated rings. The van der Waals surface area contributed by atoms with Gasteiger partial charge in [0.1, 0.15) is 5.75 Å². The van der Waals surface area contributed by atoms with E-state index < -0.39 is 4.92 Å². The molecule has 1 N–H and O–H groups in total. The van der Waals surface area contributed by atoms with Crippen molar-refractivity contribution in [2.75, 3.05) is 11.1 Å². The minimum atomic E-state index is -0.459. The van der Waals surface area contributed by atoms with E-state index >= 15 is 0 Å². The van der Waals surface area contributed by atoms with E-state index in [0.29, 0.717) is 40.6 Å². The predicted molar refractivity (Wildman–Crippen MR) is 142 cm³/mol. The van der Waals surface area contributed by atoms with Crippen molar-refractivity contribution in [3.8, 4) is 5.75 Å². The van der Waals surface area contributed by atoms with Gasteiger partial charge in [-0.05, 0) is 55.0 Å². The highest BCUT2D eigenvalue weighted by Crippen LogP contribution is 2.27. The molecule has 36 heavy (non-hydrogen) atoms. The van der Waals surface area contributed by atoms with Gasteiger partial charge >= 0.3 is 0 Å². The van der Waals surface area contributed by atoms with Gasteiger partial charge in [0.05, 0.1) is 10.7 Å². The molecule has 192 valence electrons. The second kappa shape index (κ2) is 12.0. The van der Waals surface area contributed by atoms with Crippen LogP contribution in [0, 0.1) is 23.0 Å². The van der Waals surface area contributed by atoms with Gasteiger partial charge in [0.2, 0.25) is 5.91 Å². The highest BCUT2D eigenvalue weighted by molar-refractivity contribution is 7.99. The minimum absolute atomic E-state index is 0.0126. The van der Waals surface area contributed by atoms with Crippen LogP contribution in [-0.2, 0) is 11.3 Å². The molecule has 0 radical (unpaired) electrons. The Morgan fingerprint density at radius 2 is 1.81 bits per heavy atom. The maximum Gasteiger partial charge on any atom is 0.269 e. The van der Waals surface area contributed by atoms with Crippen molar-refractivity contribution < 1.29 is 14.5 Å². The summed E-state index contributed by atoms with van der Waals surface area (Å²) in [6, 6.07) is 12.4. The summed E-state index contributed by atoms with van der Waals surface area (Å²) >= 11 is 1.29. The van der Waals surface area contributed by atoms with E-state index in [1.165, 1.54) is 29.5 Å². The zero-order chi connectivity index (χ0) is 26.4. The van der Waals surface area contributed by atoms with Crippen LogP contribution in [0.3, 0.4) is 0 Å². The Morgan fingerprint density at radius 1 is 1.11 bits per heavy atom. The fraction of sp³-hybridized carbons (Fsp3) is 0.423. The van der Waals surface area contributed by atoms with Crippen molar-refractivity contribution in [2.24, 2.45) is 5.92 Å². The zero-order valence-electron chi connectivity index (χ0n) is 21.5. The Kier molecular flexibility index (Phi) is 9.08. The Labute approximate surface area is 215 Å². The Balaban J connectivity index is 1.69. The van der Waals surface area contributed by atoms with Crippen molar-refractivity contribution in [3.63, 3.8) is 0 Å². The quantitative estimate of drug-likeness (QED) is 0.187. The number of carbonyl (C=O) groups is 1. The normalized spacial score (nSPS) is 12.1. The number of hydrogen-bond donors (Lipinski definition) is 1. The third kappa shape index (κ3) is 7.07. The van der Waals surface area contributed by atoms with Crippen molar-refractivity contribution in [3.05, 3.63) is 69.5 Å². The minimum Gasteiger partial charge on any atom is -0.483 e. The molecule has 0 saturated heterocycles. The SMILES string of the molecule is Cc1cc([N+](=O)[O-])ccc1NC(=O)CSc1nnc(C(C)Oc2ccc(C(C)C)cc2)n1CC(C)C. The molecule has 0 saturated carbocycles. The molecule has 0 aliphatic heterocycles. The zero-order valence-corrected chi connectivity index (χ0v) is 22.3. The van der Waals surface area contributed by atoms with E-state index in [-0.39, 0.29) is 23.5 Å². The van der Waals surface area contributed by atoms with Crippen LogP contribution < -0.4 is 10.1 Å². The van der Waals surface area contributed by atoms with Gasteiger partial charge in [0, 0.05) is 24.4 Å². The van der Waals surface area contributed by atoms with Crippen molar-refractivity contribution in [1.82, 2.24) is 14.8 Å². The van der Waals surface area contributed by atoms with Crippen LogP contribution in [0.5, 0.6) is 5.75 Å². The van der Waals surface area contributed by atoms with E-state index in [1.807, 2.05) is 23.6 Å². The van der Waals surface area contributed by atoms with E-state index in [1.54, 1.807) is 13.0 Å². The number of aromatic nitrogens is 3. The number of thioether (sulfide) groups is 1. The topological polar surface area (TPSA) is 112 Å². The summed E-state index contributed by atoms with van der Waals surface area (Å²) in [5, 5.41) is 23.1. The lowest BCUT2D eigenvalue weighted by molar-refractivity contribution is -0.384. The summed E-state index contributed by atoms with van der Waals surface area (Å²) < 4.78 is 8.16. The summed E-state index contributed by atoms with van der Waals surface area (Å²) in [7, 11) is 0. The molecule has 10 heteroatoms. The molecule has 1 amide bonds. The molecule has 1 unspecified atom stereocenters. The molecule has 0 spiro atoms. The van der Waals surface area contributed by atoms with Gasteiger partial charge in [-0.1, -0.05) is 51.6 Å². The number of rotatable bonds is 11. The summed E-state index contributed by atoms with van der Waals surface area (Å²) in [6.45, 7) is 12.9. The van der Waals surface area contributed by atoms with Crippen LogP contribution in [0.15, 0.2) is 47.6 Å². The highest BCUT2D eigenvalue weighted by Gasteiger charge is 2.21. The van der Waals surface area contributed by atoms with Crippen LogP contribution in [0.2, 0.25) is 0 Å². The summed E-state index contributed by atoms with van der Waals surface area (Å²) in [4.78, 5) is 23.1. The number of nitrogens with zero attached hydrogens (tertiary/aromatic N) is 4. The number of amides is 1. The van der Waals surface area contributed by atoms with E-state index in [9.17, 15) is 14.9 Å². The van der Waals surface area contributed by atoms with Crippen molar-refractivity contribution >= 4 is 29.0 Å². The average molecular weight is 512 g/mol. The first-order valence-electron chi connectivity index (χ1n) is 11.9. The van der Waals surface area contributed by atoms with Crippen LogP contribution in [0.25, 0.3) is 0 Å². The summed E-state index contributed by atoms with van der Waals surface area (Å²) in [6.07, 6.45) is -0.327. The first-order valence-corrected chi connectivity index (χ1v) is 12.9. The molecule has 1 aromatic heterocycles. The number of carbonyl (C=O) groups excluding carboxylic acids is 1. The number of nitro groups is 1. The van der Waals surface area contributed by atoms with Gasteiger partial charge in [-0.25, -0.2) is 0 Å². The van der Waals surface area contributed by atoms with Gasteiger partial charge in [0.15, 0.2) is 17.1 Å². The van der Waals surface area contributed by atoms with Gasteiger partial charge in [-0.2, -0.15) is 0 Å². The summed E-state index contributed by atoms with van der Waals surface area (Å²) in [5.41, 5.74) is 2.40. The molecule has 2 aromatic carbocycles. The molecule has 0 bridgehead atoms. The standard InChI is InChI=1S/C26H33N5O4S/c1-16(2)14-30-25(19(6)35-22-10-7-20(8-11-22)17(3)4)28-29-26(30)36-15-24(32)27-23-12-9-21(31(33)34)13-18(23)5/h7-13,16-17,19H,14-15H2,1-6H3,(H,27,32). The number of anilines is 1. The number of non-ortho nitro benzene ring substituents is 1. The molecule has 1 atom stereocenters. The van der Waals surface area contributed by atoms with Crippen molar-refractivity contribution in [1.29, 1.82) is 0 Å². The van der Waals surface area contributed by atoms with E-state index in [2.05, 4.69) is 55.3 Å². The third-order valence-corrected chi connectivity index (χ3v) is 6.51. The number of nitro benzene ring substituents is 1. The van der Waals surface area contributed by atoms with E-state index in [0.717, 1.165) is 5.75 Å². The van der Waals surface area contributed by atoms with Crippen LogP contribution in [-0.4, -0.2) is 31.3 Å². The smallest absolute Gasteiger partial charge is 0.269 e. The lowest BCUT2D eigenvalue weighted by Gasteiger charge is -2.18. The molecule has 1 heterocycles. The Bertz CT molecular complexity index is 1210. The molecule has 0 aliphatic carbocycles. The maximum atomic E-state index is 12.6. The first-order chi connectivity index (χ1) is 17.0. The molecule has 3 aromatic rings. The largest absolute Gasteiger partial charge is 0.483 e. The summed E-state index contributed by atoms with van der Waals surface area (Å²) in [5.74, 6) is 2.15. The third-order valence-electron chi connectivity index (χ3n) is 5.54. The van der Waals surface area contributed by atoms with Gasteiger partial charge in [-0.3, -0.25) is 14.9 Å². The lowest BCUT2D eigenvalue weighted by Crippen LogP contribution is -2.17. The van der Waals surface area contributed by atoms with Crippen LogP contribution >= 0.6 is 11.8 Å². The first kappa shape index (κ1) is 27.2. The van der Waals surface area contributed by atoms with Gasteiger partial charge < -0.3 is 14.6 Å². The molecule has 0 aliphatic rings.